The van der Waals surface area contributed by atoms with Crippen LogP contribution in [0.25, 0.3) is 0 Å². The Bertz CT molecular complexity index is 416. The van der Waals surface area contributed by atoms with Gasteiger partial charge in [-0.25, -0.2) is 13.2 Å². The predicted molar refractivity (Wildman–Crippen MR) is 41.0 cm³/mol. The lowest BCUT2D eigenvalue weighted by molar-refractivity contribution is -0.150. The summed E-state index contributed by atoms with van der Waals surface area (Å²) in [7, 11) is 0. The van der Waals surface area contributed by atoms with E-state index in [1.165, 1.54) is 0 Å². The van der Waals surface area contributed by atoms with Gasteiger partial charge in [0.1, 0.15) is 11.8 Å². The highest BCUT2D eigenvalue weighted by Gasteiger charge is 2.42. The summed E-state index contributed by atoms with van der Waals surface area (Å²) in [6.07, 6.45) is -5.08. The third-order valence-electron chi connectivity index (χ3n) is 1.84. The maximum absolute atomic E-state index is 12.9. The maximum Gasteiger partial charge on any atom is 0.407 e. The molecular weight excluding hydrogens is 240 g/mol. The van der Waals surface area contributed by atoms with Gasteiger partial charge in [0.2, 0.25) is 0 Å². The van der Waals surface area contributed by atoms with Crippen LogP contribution in [-0.4, -0.2) is 11.3 Å². The molecule has 0 unspecified atom stereocenters. The molecule has 0 aliphatic carbocycles. The summed E-state index contributed by atoms with van der Waals surface area (Å²) in [5, 5.41) is 8.90. The zero-order valence-electron chi connectivity index (χ0n) is 7.45. The van der Waals surface area contributed by atoms with Gasteiger partial charge in [-0.1, -0.05) is 0 Å². The highest BCUT2D eigenvalue weighted by atomic mass is 19.4. The molecule has 90 valence electrons. The van der Waals surface area contributed by atoms with E-state index in [0.717, 1.165) is 0 Å². The van der Waals surface area contributed by atoms with Crippen LogP contribution >= 0.6 is 0 Å². The van der Waals surface area contributed by atoms with Crippen molar-refractivity contribution in [2.24, 2.45) is 5.73 Å². The Morgan fingerprint density at radius 3 is 2.06 bits per heavy atom. The largest absolute Gasteiger partial charge is 0.507 e. The molecule has 0 radical (unpaired) electrons. The normalized spacial score (nSPS) is 13.9. The molecule has 0 amide bonds. The van der Waals surface area contributed by atoms with Crippen LogP contribution in [0.15, 0.2) is 6.07 Å². The highest BCUT2D eigenvalue weighted by Crippen LogP contribution is 2.37. The Kier molecular flexibility index (Phi) is 3.04. The number of nitrogens with two attached hydrogens (primary N) is 1. The molecule has 2 nitrogen and oxygen atoms in total. The van der Waals surface area contributed by atoms with Crippen LogP contribution in [0.1, 0.15) is 11.6 Å². The molecule has 0 fully saturated rings. The lowest BCUT2D eigenvalue weighted by atomic mass is 10.0. The molecule has 0 saturated carbocycles. The Labute approximate surface area is 85.3 Å². The second kappa shape index (κ2) is 3.85. The van der Waals surface area contributed by atoms with Crippen LogP contribution in [0.4, 0.5) is 26.3 Å². The molecule has 0 bridgehead atoms. The van der Waals surface area contributed by atoms with E-state index < -0.39 is 41.0 Å². The summed E-state index contributed by atoms with van der Waals surface area (Å²) in [6.45, 7) is 0. The molecule has 0 aliphatic heterocycles. The molecule has 8 heteroatoms. The van der Waals surface area contributed by atoms with E-state index in [4.69, 9.17) is 5.11 Å². The molecule has 1 aromatic carbocycles. The summed E-state index contributed by atoms with van der Waals surface area (Å²) < 4.78 is 74.4. The standard InChI is InChI=1S/C8H5F6NO/c9-2-1-3(16)4(6(11)5(2)10)7(15)8(12,13)14/h1,7,16H,15H2/t7-/m1/s1. The van der Waals surface area contributed by atoms with Crippen molar-refractivity contribution in [1.82, 2.24) is 0 Å². The third kappa shape index (κ3) is 2.06. The molecule has 16 heavy (non-hydrogen) atoms. The zero-order valence-corrected chi connectivity index (χ0v) is 7.45. The topological polar surface area (TPSA) is 46.2 Å². The van der Waals surface area contributed by atoms with Crippen molar-refractivity contribution < 1.29 is 31.4 Å². The maximum atomic E-state index is 12.9. The molecule has 0 aliphatic rings. The molecule has 3 N–H and O–H groups in total. The number of rotatable bonds is 1. The fourth-order valence-electron chi connectivity index (χ4n) is 1.06. The van der Waals surface area contributed by atoms with Crippen LogP contribution < -0.4 is 5.73 Å². The first-order chi connectivity index (χ1) is 7.16. The molecule has 1 rings (SSSR count). The van der Waals surface area contributed by atoms with E-state index in [1.807, 2.05) is 0 Å². The average Bonchev–Trinajstić information content (AvgIpc) is 2.13. The number of hydrogen-bond donors (Lipinski definition) is 2. The number of alkyl halides is 3. The van der Waals surface area contributed by atoms with Gasteiger partial charge >= 0.3 is 6.18 Å². The number of phenolic OH excluding ortho intramolecular Hbond substituents is 1. The van der Waals surface area contributed by atoms with Crippen molar-refractivity contribution >= 4 is 0 Å². The average molecular weight is 245 g/mol. The van der Waals surface area contributed by atoms with Crippen LogP contribution in [0.5, 0.6) is 5.75 Å². The molecule has 1 aromatic rings. The van der Waals surface area contributed by atoms with Gasteiger partial charge in [-0.05, 0) is 0 Å². The number of benzene rings is 1. The Balaban J connectivity index is 3.40. The molecular formula is C8H5F6NO. The van der Waals surface area contributed by atoms with E-state index in [9.17, 15) is 26.3 Å². The number of hydrogen-bond acceptors (Lipinski definition) is 2. The fourth-order valence-corrected chi connectivity index (χ4v) is 1.06. The number of halogens is 6. The Morgan fingerprint density at radius 1 is 1.12 bits per heavy atom. The van der Waals surface area contributed by atoms with Crippen molar-refractivity contribution in [3.05, 3.63) is 29.1 Å². The van der Waals surface area contributed by atoms with E-state index >= 15 is 0 Å². The Morgan fingerprint density at radius 2 is 1.62 bits per heavy atom. The molecule has 0 spiro atoms. The van der Waals surface area contributed by atoms with Gasteiger partial charge < -0.3 is 10.8 Å². The van der Waals surface area contributed by atoms with Crippen LogP contribution in [0.2, 0.25) is 0 Å². The lowest BCUT2D eigenvalue weighted by Gasteiger charge is -2.17. The second-order valence-electron chi connectivity index (χ2n) is 2.94. The monoisotopic (exact) mass is 245 g/mol. The van der Waals surface area contributed by atoms with Crippen molar-refractivity contribution in [2.75, 3.05) is 0 Å². The third-order valence-corrected chi connectivity index (χ3v) is 1.84. The van der Waals surface area contributed by atoms with Gasteiger partial charge in [-0.2, -0.15) is 13.2 Å². The van der Waals surface area contributed by atoms with Crippen molar-refractivity contribution in [1.29, 1.82) is 0 Å². The minimum Gasteiger partial charge on any atom is -0.507 e. The van der Waals surface area contributed by atoms with E-state index in [-0.39, 0.29) is 6.07 Å². The highest BCUT2D eigenvalue weighted by molar-refractivity contribution is 5.38. The van der Waals surface area contributed by atoms with Crippen molar-refractivity contribution in [3.63, 3.8) is 0 Å². The number of phenols is 1. The van der Waals surface area contributed by atoms with Gasteiger partial charge in [0.25, 0.3) is 0 Å². The minimum absolute atomic E-state index is 0.0271. The summed E-state index contributed by atoms with van der Waals surface area (Å²) in [5.74, 6) is -7.45. The van der Waals surface area contributed by atoms with E-state index in [1.54, 1.807) is 0 Å². The molecule has 0 aromatic heterocycles. The van der Waals surface area contributed by atoms with Gasteiger partial charge in [-0.3, -0.25) is 0 Å². The number of aromatic hydroxyl groups is 1. The summed E-state index contributed by atoms with van der Waals surface area (Å²) in [4.78, 5) is 0. The molecule has 1 atom stereocenters. The lowest BCUT2D eigenvalue weighted by Crippen LogP contribution is -2.29. The van der Waals surface area contributed by atoms with Crippen LogP contribution in [0.3, 0.4) is 0 Å². The summed E-state index contributed by atoms with van der Waals surface area (Å²) in [5.41, 5.74) is 3.06. The SMILES string of the molecule is N[C@H](c1c(O)cc(F)c(F)c1F)C(F)(F)F. The van der Waals surface area contributed by atoms with Gasteiger partial charge in [0, 0.05) is 6.07 Å². The quantitative estimate of drug-likeness (QED) is 0.589. The Hall–Kier alpha value is -1.44. The van der Waals surface area contributed by atoms with E-state index in [2.05, 4.69) is 5.73 Å². The minimum atomic E-state index is -5.08. The fraction of sp³-hybridized carbons (Fsp3) is 0.250. The smallest absolute Gasteiger partial charge is 0.407 e. The van der Waals surface area contributed by atoms with Crippen molar-refractivity contribution in [3.8, 4) is 5.75 Å². The first-order valence-corrected chi connectivity index (χ1v) is 3.85. The van der Waals surface area contributed by atoms with Gasteiger partial charge in [0.05, 0.1) is 5.56 Å². The van der Waals surface area contributed by atoms with E-state index in [0.29, 0.717) is 0 Å². The summed E-state index contributed by atoms with van der Waals surface area (Å²) >= 11 is 0. The second-order valence-corrected chi connectivity index (χ2v) is 2.94. The van der Waals surface area contributed by atoms with Gasteiger partial charge in [-0.15, -0.1) is 0 Å². The predicted octanol–water partition coefficient (Wildman–Crippen LogP) is 2.37. The zero-order chi connectivity index (χ0) is 12.7. The van der Waals surface area contributed by atoms with Crippen LogP contribution in [0, 0.1) is 17.5 Å². The molecule has 0 heterocycles. The van der Waals surface area contributed by atoms with Gasteiger partial charge in [0.15, 0.2) is 17.5 Å². The first-order valence-electron chi connectivity index (χ1n) is 3.85. The summed E-state index contributed by atoms with van der Waals surface area (Å²) in [6, 6.07) is -2.90. The first kappa shape index (κ1) is 12.6. The van der Waals surface area contributed by atoms with Crippen molar-refractivity contribution in [2.45, 2.75) is 12.2 Å². The molecule has 0 saturated heterocycles. The van der Waals surface area contributed by atoms with Crippen LogP contribution in [-0.2, 0) is 0 Å².